The van der Waals surface area contributed by atoms with E-state index in [1.54, 1.807) is 0 Å². The van der Waals surface area contributed by atoms with Gasteiger partial charge in [0.05, 0.1) is 17.6 Å². The first-order chi connectivity index (χ1) is 4.88. The van der Waals surface area contributed by atoms with E-state index < -0.39 is 0 Å². The fraction of sp³-hybridized carbons (Fsp3) is 0.571. The van der Waals surface area contributed by atoms with Gasteiger partial charge < -0.3 is 4.90 Å². The largest absolute Gasteiger partial charge is 0.372 e. The lowest BCUT2D eigenvalue weighted by Crippen LogP contribution is -2.23. The summed E-state index contributed by atoms with van der Waals surface area (Å²) in [6.07, 6.45) is 4.29. The molecule has 54 valence electrons. The molecule has 0 fully saturated rings. The summed E-state index contributed by atoms with van der Waals surface area (Å²) in [7, 11) is 2.10. The van der Waals surface area contributed by atoms with Crippen LogP contribution < -0.4 is 4.90 Å². The highest BCUT2D eigenvalue weighted by Gasteiger charge is 2.13. The van der Waals surface area contributed by atoms with Crippen LogP contribution in [0.4, 0.5) is 5.69 Å². The maximum Gasteiger partial charge on any atom is 0.0779 e. The molecule has 0 saturated carbocycles. The lowest BCUT2D eigenvalue weighted by atomic mass is 10.1. The van der Waals surface area contributed by atoms with Crippen LogP contribution in [0.15, 0.2) is 6.20 Å². The summed E-state index contributed by atoms with van der Waals surface area (Å²) in [5, 5.41) is 6.98. The van der Waals surface area contributed by atoms with Crippen LogP contribution in [0.2, 0.25) is 0 Å². The molecule has 0 atom stereocenters. The minimum Gasteiger partial charge on any atom is -0.372 e. The fourth-order valence-electron chi connectivity index (χ4n) is 1.43. The molecule has 1 aliphatic heterocycles. The molecule has 1 aromatic rings. The smallest absolute Gasteiger partial charge is 0.0779 e. The lowest BCUT2D eigenvalue weighted by molar-refractivity contribution is 0.730. The molecule has 1 aromatic heterocycles. The molecule has 1 N–H and O–H groups in total. The number of anilines is 1. The molecule has 0 spiro atoms. The Bertz CT molecular complexity index is 229. The van der Waals surface area contributed by atoms with Crippen molar-refractivity contribution >= 4 is 5.69 Å². The van der Waals surface area contributed by atoms with E-state index in [-0.39, 0.29) is 0 Å². The highest BCUT2D eigenvalue weighted by atomic mass is 15.2. The number of hydrogen-bond acceptors (Lipinski definition) is 2. The van der Waals surface area contributed by atoms with Gasteiger partial charge in [-0.05, 0) is 12.8 Å². The summed E-state index contributed by atoms with van der Waals surface area (Å²) >= 11 is 0. The Hall–Kier alpha value is -0.990. The van der Waals surface area contributed by atoms with E-state index in [1.807, 2.05) is 6.20 Å². The van der Waals surface area contributed by atoms with Gasteiger partial charge in [-0.15, -0.1) is 0 Å². The monoisotopic (exact) mass is 137 g/mol. The average Bonchev–Trinajstić information content (AvgIpc) is 2.36. The van der Waals surface area contributed by atoms with Gasteiger partial charge in [0, 0.05) is 13.6 Å². The number of rotatable bonds is 0. The van der Waals surface area contributed by atoms with Crippen molar-refractivity contribution in [3.05, 3.63) is 11.9 Å². The zero-order chi connectivity index (χ0) is 6.97. The predicted octanol–water partition coefficient (Wildman–Crippen LogP) is 0.792. The second-order valence-corrected chi connectivity index (χ2v) is 2.76. The topological polar surface area (TPSA) is 31.9 Å². The number of nitrogens with zero attached hydrogens (tertiary/aromatic N) is 2. The van der Waals surface area contributed by atoms with Crippen molar-refractivity contribution in [3.8, 4) is 0 Å². The first-order valence-electron chi connectivity index (χ1n) is 3.61. The quantitative estimate of drug-likeness (QED) is 0.573. The van der Waals surface area contributed by atoms with Gasteiger partial charge in [0.2, 0.25) is 0 Å². The average molecular weight is 137 g/mol. The van der Waals surface area contributed by atoms with Gasteiger partial charge in [0.1, 0.15) is 0 Å². The van der Waals surface area contributed by atoms with E-state index in [4.69, 9.17) is 0 Å². The zero-order valence-corrected chi connectivity index (χ0v) is 6.09. The van der Waals surface area contributed by atoms with E-state index in [0.717, 1.165) is 13.0 Å². The van der Waals surface area contributed by atoms with Crippen LogP contribution in [0.3, 0.4) is 0 Å². The summed E-state index contributed by atoms with van der Waals surface area (Å²) < 4.78 is 0. The van der Waals surface area contributed by atoms with Crippen LogP contribution in [-0.4, -0.2) is 23.8 Å². The second-order valence-electron chi connectivity index (χ2n) is 2.76. The molecule has 1 aliphatic rings. The molecule has 0 radical (unpaired) electrons. The summed E-state index contributed by atoms with van der Waals surface area (Å²) in [5.74, 6) is 0. The molecule has 0 unspecified atom stereocenters. The molecule has 0 aromatic carbocycles. The molecule has 3 heteroatoms. The van der Waals surface area contributed by atoms with Crippen molar-refractivity contribution in [1.82, 2.24) is 10.2 Å². The second kappa shape index (κ2) is 2.01. The Morgan fingerprint density at radius 2 is 2.60 bits per heavy atom. The number of aromatic amines is 1. The highest BCUT2D eigenvalue weighted by molar-refractivity contribution is 5.49. The van der Waals surface area contributed by atoms with Crippen molar-refractivity contribution in [2.75, 3.05) is 18.5 Å². The molecule has 0 aliphatic carbocycles. The highest BCUT2D eigenvalue weighted by Crippen LogP contribution is 2.22. The molecular formula is C7H11N3. The van der Waals surface area contributed by atoms with Crippen molar-refractivity contribution < 1.29 is 0 Å². The van der Waals surface area contributed by atoms with Gasteiger partial charge in [0.15, 0.2) is 0 Å². The number of fused-ring (bicyclic) bond motifs is 1. The van der Waals surface area contributed by atoms with Gasteiger partial charge in [-0.25, -0.2) is 0 Å². The summed E-state index contributed by atoms with van der Waals surface area (Å²) in [6, 6.07) is 0. The summed E-state index contributed by atoms with van der Waals surface area (Å²) in [6.45, 7) is 1.16. The van der Waals surface area contributed by atoms with Crippen LogP contribution in [0.1, 0.15) is 12.1 Å². The lowest BCUT2D eigenvalue weighted by Gasteiger charge is -2.23. The third kappa shape index (κ3) is 0.701. The minimum absolute atomic E-state index is 1.15. The summed E-state index contributed by atoms with van der Waals surface area (Å²) in [4.78, 5) is 2.24. The van der Waals surface area contributed by atoms with Gasteiger partial charge >= 0.3 is 0 Å². The number of nitrogens with one attached hydrogen (secondary N) is 1. The van der Waals surface area contributed by atoms with E-state index >= 15 is 0 Å². The van der Waals surface area contributed by atoms with E-state index in [9.17, 15) is 0 Å². The van der Waals surface area contributed by atoms with Crippen LogP contribution in [-0.2, 0) is 6.42 Å². The molecule has 2 heterocycles. The van der Waals surface area contributed by atoms with Gasteiger partial charge in [0.25, 0.3) is 0 Å². The van der Waals surface area contributed by atoms with Crippen molar-refractivity contribution in [1.29, 1.82) is 0 Å². The Balaban J connectivity index is 2.41. The number of aryl methyl sites for hydroxylation is 1. The third-order valence-electron chi connectivity index (χ3n) is 2.03. The zero-order valence-electron chi connectivity index (χ0n) is 6.09. The van der Waals surface area contributed by atoms with Crippen LogP contribution in [0.25, 0.3) is 0 Å². The Kier molecular flexibility index (Phi) is 1.16. The maximum absolute atomic E-state index is 3.99. The molecule has 0 saturated heterocycles. The molecule has 2 rings (SSSR count). The van der Waals surface area contributed by atoms with Crippen LogP contribution in [0, 0.1) is 0 Å². The number of H-pyrrole nitrogens is 1. The normalized spacial score (nSPS) is 17.1. The predicted molar refractivity (Wildman–Crippen MR) is 40.2 cm³/mol. The Morgan fingerprint density at radius 3 is 3.40 bits per heavy atom. The van der Waals surface area contributed by atoms with E-state index in [0.29, 0.717) is 0 Å². The van der Waals surface area contributed by atoms with Crippen LogP contribution in [0.5, 0.6) is 0 Å². The summed E-state index contributed by atoms with van der Waals surface area (Å²) in [5.41, 5.74) is 2.56. The first-order valence-corrected chi connectivity index (χ1v) is 3.61. The Morgan fingerprint density at radius 1 is 1.70 bits per heavy atom. The number of aromatic nitrogens is 2. The minimum atomic E-state index is 1.15. The van der Waals surface area contributed by atoms with Gasteiger partial charge in [-0.2, -0.15) is 5.10 Å². The van der Waals surface area contributed by atoms with Gasteiger partial charge in [-0.1, -0.05) is 0 Å². The van der Waals surface area contributed by atoms with Gasteiger partial charge in [-0.3, -0.25) is 5.10 Å². The van der Waals surface area contributed by atoms with Crippen molar-refractivity contribution in [2.24, 2.45) is 0 Å². The van der Waals surface area contributed by atoms with Crippen molar-refractivity contribution in [3.63, 3.8) is 0 Å². The molecular weight excluding hydrogens is 126 g/mol. The SMILES string of the molecule is CN1CCCc2[nH]ncc21. The third-order valence-corrected chi connectivity index (χ3v) is 2.03. The molecule has 0 amide bonds. The molecule has 0 bridgehead atoms. The number of hydrogen-bond donors (Lipinski definition) is 1. The Labute approximate surface area is 60.0 Å². The molecule has 3 nitrogen and oxygen atoms in total. The van der Waals surface area contributed by atoms with E-state index in [1.165, 1.54) is 17.8 Å². The van der Waals surface area contributed by atoms with Crippen LogP contribution >= 0.6 is 0 Å². The maximum atomic E-state index is 3.99. The van der Waals surface area contributed by atoms with Crippen molar-refractivity contribution in [2.45, 2.75) is 12.8 Å². The standard InChI is InChI=1S/C7H11N3/c1-10-4-2-3-6-7(10)5-8-9-6/h5H,2-4H2,1H3,(H,8,9). The van der Waals surface area contributed by atoms with E-state index in [2.05, 4.69) is 22.1 Å². The molecule has 10 heavy (non-hydrogen) atoms. The first kappa shape index (κ1) is 5.77. The fourth-order valence-corrected chi connectivity index (χ4v) is 1.43.